The highest BCUT2D eigenvalue weighted by molar-refractivity contribution is 4.78. The minimum atomic E-state index is -0.195. The Labute approximate surface area is 80.9 Å². The molecule has 0 radical (unpaired) electrons. The van der Waals surface area contributed by atoms with Crippen LogP contribution in [0, 0.1) is 0 Å². The first-order valence-corrected chi connectivity index (χ1v) is 5.33. The van der Waals surface area contributed by atoms with Crippen molar-refractivity contribution in [3.05, 3.63) is 0 Å². The molecular weight excluding hydrogens is 164 g/mol. The molecule has 0 saturated carbocycles. The van der Waals surface area contributed by atoms with Crippen LogP contribution in [0.25, 0.3) is 0 Å². The molecule has 0 aromatic heterocycles. The van der Waals surface area contributed by atoms with Crippen molar-refractivity contribution < 1.29 is 5.11 Å². The molecule has 0 bridgehead atoms. The number of hydrogen-bond donors (Lipinski definition) is 3. The summed E-state index contributed by atoms with van der Waals surface area (Å²) in [7, 11) is 0. The average Bonchev–Trinajstić information content (AvgIpc) is 2.04. The van der Waals surface area contributed by atoms with Crippen LogP contribution in [0.3, 0.4) is 0 Å². The van der Waals surface area contributed by atoms with Gasteiger partial charge in [-0.2, -0.15) is 0 Å². The van der Waals surface area contributed by atoms with Crippen molar-refractivity contribution in [3.8, 4) is 0 Å². The molecule has 3 atom stereocenters. The largest absolute Gasteiger partial charge is 0.393 e. The van der Waals surface area contributed by atoms with Gasteiger partial charge >= 0.3 is 0 Å². The maximum atomic E-state index is 9.20. The van der Waals surface area contributed by atoms with Crippen LogP contribution < -0.4 is 10.6 Å². The number of aliphatic hydroxyl groups is 1. The van der Waals surface area contributed by atoms with Gasteiger partial charge < -0.3 is 15.7 Å². The maximum absolute atomic E-state index is 9.20. The summed E-state index contributed by atoms with van der Waals surface area (Å²) in [5.74, 6) is 0. The molecule has 0 amide bonds. The van der Waals surface area contributed by atoms with E-state index in [-0.39, 0.29) is 6.10 Å². The Hall–Kier alpha value is -0.120. The lowest BCUT2D eigenvalue weighted by atomic mass is 10.1. The molecule has 3 heteroatoms. The third kappa shape index (κ3) is 4.60. The zero-order valence-electron chi connectivity index (χ0n) is 8.71. The smallest absolute Gasteiger partial charge is 0.0526 e. The molecule has 0 aromatic carbocycles. The molecule has 1 aliphatic rings. The molecular formula is C10H22N2O. The Bertz CT molecular complexity index is 133. The van der Waals surface area contributed by atoms with Gasteiger partial charge in [-0.05, 0) is 39.7 Å². The van der Waals surface area contributed by atoms with Gasteiger partial charge in [-0.25, -0.2) is 0 Å². The average molecular weight is 186 g/mol. The predicted molar refractivity (Wildman–Crippen MR) is 54.8 cm³/mol. The van der Waals surface area contributed by atoms with Crippen molar-refractivity contribution >= 4 is 0 Å². The van der Waals surface area contributed by atoms with E-state index in [1.54, 1.807) is 0 Å². The van der Waals surface area contributed by atoms with E-state index in [2.05, 4.69) is 17.6 Å². The summed E-state index contributed by atoms with van der Waals surface area (Å²) >= 11 is 0. The number of rotatable bonds is 4. The summed E-state index contributed by atoms with van der Waals surface area (Å²) in [6, 6.07) is 1.02. The Morgan fingerprint density at radius 1 is 1.54 bits per heavy atom. The van der Waals surface area contributed by atoms with Crippen molar-refractivity contribution in [1.29, 1.82) is 0 Å². The van der Waals surface area contributed by atoms with E-state index in [0.29, 0.717) is 12.1 Å². The molecule has 0 aromatic rings. The quantitative estimate of drug-likeness (QED) is 0.598. The van der Waals surface area contributed by atoms with Gasteiger partial charge in [0.1, 0.15) is 0 Å². The molecule has 0 aliphatic carbocycles. The monoisotopic (exact) mass is 186 g/mol. The molecule has 78 valence electrons. The van der Waals surface area contributed by atoms with E-state index >= 15 is 0 Å². The van der Waals surface area contributed by atoms with Crippen molar-refractivity contribution in [2.24, 2.45) is 0 Å². The summed E-state index contributed by atoms with van der Waals surface area (Å²) in [6.45, 7) is 6.21. The molecule has 1 heterocycles. The highest BCUT2D eigenvalue weighted by Crippen LogP contribution is 2.04. The van der Waals surface area contributed by atoms with Crippen LogP contribution in [0.15, 0.2) is 0 Å². The molecule has 1 fully saturated rings. The van der Waals surface area contributed by atoms with Crippen molar-refractivity contribution in [2.75, 3.05) is 13.1 Å². The van der Waals surface area contributed by atoms with E-state index in [0.717, 1.165) is 19.5 Å². The fraction of sp³-hybridized carbons (Fsp3) is 1.00. The highest BCUT2D eigenvalue weighted by Gasteiger charge is 2.15. The van der Waals surface area contributed by atoms with Crippen molar-refractivity contribution in [2.45, 2.75) is 51.3 Å². The van der Waals surface area contributed by atoms with Gasteiger partial charge in [-0.1, -0.05) is 0 Å². The Kier molecular flexibility index (Phi) is 4.70. The molecule has 3 N–H and O–H groups in total. The van der Waals surface area contributed by atoms with Crippen molar-refractivity contribution in [3.63, 3.8) is 0 Å². The summed E-state index contributed by atoms with van der Waals surface area (Å²) < 4.78 is 0. The number of nitrogens with one attached hydrogen (secondary N) is 2. The van der Waals surface area contributed by atoms with E-state index in [9.17, 15) is 5.11 Å². The van der Waals surface area contributed by atoms with Crippen LogP contribution in [0.5, 0.6) is 0 Å². The summed E-state index contributed by atoms with van der Waals surface area (Å²) in [5.41, 5.74) is 0. The van der Waals surface area contributed by atoms with Gasteiger partial charge in [-0.3, -0.25) is 0 Å². The van der Waals surface area contributed by atoms with Gasteiger partial charge in [0, 0.05) is 18.6 Å². The maximum Gasteiger partial charge on any atom is 0.0526 e. The molecule has 1 aliphatic heterocycles. The summed E-state index contributed by atoms with van der Waals surface area (Å²) in [4.78, 5) is 0. The normalized spacial score (nSPS) is 28.4. The zero-order valence-corrected chi connectivity index (χ0v) is 8.71. The third-order valence-corrected chi connectivity index (χ3v) is 2.51. The predicted octanol–water partition coefficient (Wildman–Crippen LogP) is 0.487. The van der Waals surface area contributed by atoms with Crippen LogP contribution in [0.2, 0.25) is 0 Å². The van der Waals surface area contributed by atoms with Gasteiger partial charge in [0.05, 0.1) is 6.10 Å². The lowest BCUT2D eigenvalue weighted by Gasteiger charge is -2.27. The second-order valence-corrected chi connectivity index (χ2v) is 4.20. The molecule has 13 heavy (non-hydrogen) atoms. The van der Waals surface area contributed by atoms with Gasteiger partial charge in [0.2, 0.25) is 0 Å². The fourth-order valence-corrected chi connectivity index (χ4v) is 1.98. The van der Waals surface area contributed by atoms with Gasteiger partial charge in [0.25, 0.3) is 0 Å². The Morgan fingerprint density at radius 2 is 2.31 bits per heavy atom. The lowest BCUT2D eigenvalue weighted by Crippen LogP contribution is -2.47. The molecule has 1 rings (SSSR count). The van der Waals surface area contributed by atoms with Crippen LogP contribution in [-0.4, -0.2) is 36.4 Å². The first-order chi connectivity index (χ1) is 6.18. The molecule has 3 unspecified atom stereocenters. The number of aliphatic hydroxyl groups excluding tert-OH is 1. The minimum Gasteiger partial charge on any atom is -0.393 e. The van der Waals surface area contributed by atoms with Crippen molar-refractivity contribution in [1.82, 2.24) is 10.6 Å². The van der Waals surface area contributed by atoms with Crippen LogP contribution in [0.4, 0.5) is 0 Å². The van der Waals surface area contributed by atoms with E-state index in [1.807, 2.05) is 6.92 Å². The number of piperidine rings is 1. The van der Waals surface area contributed by atoms with Gasteiger partial charge in [0.15, 0.2) is 0 Å². The second kappa shape index (κ2) is 5.58. The lowest BCUT2D eigenvalue weighted by molar-refractivity contribution is 0.166. The molecule has 3 nitrogen and oxygen atoms in total. The standard InChI is InChI=1S/C10H22N2O/c1-8(6-9(2)13)12-10-4-3-5-11-7-10/h8-13H,3-7H2,1-2H3. The fourth-order valence-electron chi connectivity index (χ4n) is 1.98. The first kappa shape index (κ1) is 11.0. The van der Waals surface area contributed by atoms with E-state index < -0.39 is 0 Å². The molecule has 0 spiro atoms. The van der Waals surface area contributed by atoms with Crippen LogP contribution in [-0.2, 0) is 0 Å². The third-order valence-electron chi connectivity index (χ3n) is 2.51. The first-order valence-electron chi connectivity index (χ1n) is 5.33. The zero-order chi connectivity index (χ0) is 9.68. The SMILES string of the molecule is CC(O)CC(C)NC1CCCNC1. The minimum absolute atomic E-state index is 0.195. The number of hydrogen-bond acceptors (Lipinski definition) is 3. The van der Waals surface area contributed by atoms with Crippen LogP contribution >= 0.6 is 0 Å². The summed E-state index contributed by atoms with van der Waals surface area (Å²) in [6.07, 6.45) is 3.17. The highest BCUT2D eigenvalue weighted by atomic mass is 16.3. The Balaban J connectivity index is 2.14. The van der Waals surface area contributed by atoms with E-state index in [1.165, 1.54) is 12.8 Å². The summed E-state index contributed by atoms with van der Waals surface area (Å²) in [5, 5.41) is 16.1. The molecule has 1 saturated heterocycles. The van der Waals surface area contributed by atoms with Gasteiger partial charge in [-0.15, -0.1) is 0 Å². The Morgan fingerprint density at radius 3 is 2.85 bits per heavy atom. The van der Waals surface area contributed by atoms with Crippen LogP contribution in [0.1, 0.15) is 33.1 Å². The topological polar surface area (TPSA) is 44.3 Å². The second-order valence-electron chi connectivity index (χ2n) is 4.20. The van der Waals surface area contributed by atoms with E-state index in [4.69, 9.17) is 0 Å².